The summed E-state index contributed by atoms with van der Waals surface area (Å²) in [5, 5.41) is 2.60. The minimum absolute atomic E-state index is 0.222. The van der Waals surface area contributed by atoms with E-state index in [1.165, 1.54) is 18.9 Å². The van der Waals surface area contributed by atoms with E-state index in [-0.39, 0.29) is 36.8 Å². The lowest BCUT2D eigenvalue weighted by Gasteiger charge is -2.23. The highest BCUT2D eigenvalue weighted by atomic mass is 16.5. The molecule has 10 heteroatoms. The number of oxazole rings is 1. The Labute approximate surface area is 201 Å². The monoisotopic (exact) mass is 479 g/mol. The molecule has 1 aromatic heterocycles. The number of ether oxygens (including phenoxy) is 2. The van der Waals surface area contributed by atoms with Gasteiger partial charge in [0.2, 0.25) is 17.6 Å². The first-order valence-electron chi connectivity index (χ1n) is 11.1. The summed E-state index contributed by atoms with van der Waals surface area (Å²) in [4.78, 5) is 55.3. The number of benzene rings is 2. The molecule has 1 N–H and O–H groups in total. The predicted molar refractivity (Wildman–Crippen MR) is 124 cm³/mol. The van der Waals surface area contributed by atoms with Gasteiger partial charge in [0.25, 0.3) is 5.89 Å². The maximum Gasteiger partial charge on any atom is 0.266 e. The number of hydrogen-bond acceptors (Lipinski definition) is 8. The average molecular weight is 479 g/mol. The summed E-state index contributed by atoms with van der Waals surface area (Å²) >= 11 is 0. The predicted octanol–water partition coefficient (Wildman–Crippen LogP) is 2.16. The van der Waals surface area contributed by atoms with Gasteiger partial charge in [-0.1, -0.05) is 24.3 Å². The van der Waals surface area contributed by atoms with Crippen LogP contribution in [0.5, 0.6) is 11.5 Å². The fourth-order valence-corrected chi connectivity index (χ4v) is 4.11. The van der Waals surface area contributed by atoms with E-state index in [0.29, 0.717) is 23.3 Å². The van der Waals surface area contributed by atoms with Crippen molar-refractivity contribution in [1.82, 2.24) is 15.2 Å². The summed E-state index contributed by atoms with van der Waals surface area (Å²) in [7, 11) is 1.46. The number of methoxy groups -OCH3 is 1. The molecule has 35 heavy (non-hydrogen) atoms. The SMILES string of the molecule is COc1cccc2nc(C(=O)[C@H](CC=O)NC(=O)[C@@H]3C[C@@H](Oc4ccccc4)CN3C(C)=O)oc12. The van der Waals surface area contributed by atoms with Crippen LogP contribution < -0.4 is 14.8 Å². The van der Waals surface area contributed by atoms with E-state index in [4.69, 9.17) is 13.9 Å². The number of amides is 2. The number of Topliss-reactive ketones (excluding diaryl/α,β-unsaturated/α-hetero) is 1. The Balaban J connectivity index is 1.50. The van der Waals surface area contributed by atoms with Crippen LogP contribution in [0.3, 0.4) is 0 Å². The van der Waals surface area contributed by atoms with Crippen molar-refractivity contribution in [3.05, 3.63) is 54.4 Å². The molecule has 2 heterocycles. The molecule has 10 nitrogen and oxygen atoms in total. The van der Waals surface area contributed by atoms with E-state index in [1.54, 1.807) is 30.3 Å². The molecule has 1 saturated heterocycles. The van der Waals surface area contributed by atoms with Crippen molar-refractivity contribution >= 4 is 35.0 Å². The molecule has 1 aliphatic rings. The summed E-state index contributed by atoms with van der Waals surface area (Å²) in [6.07, 6.45) is 0.0893. The molecule has 0 aliphatic carbocycles. The van der Waals surface area contributed by atoms with Gasteiger partial charge in [-0.25, -0.2) is 4.98 Å². The second-order valence-corrected chi connectivity index (χ2v) is 8.13. The van der Waals surface area contributed by atoms with Gasteiger partial charge in [0, 0.05) is 19.8 Å². The highest BCUT2D eigenvalue weighted by Crippen LogP contribution is 2.27. The molecule has 0 unspecified atom stereocenters. The molecule has 2 aromatic carbocycles. The van der Waals surface area contributed by atoms with Gasteiger partial charge in [-0.15, -0.1) is 0 Å². The molecule has 3 aromatic rings. The van der Waals surface area contributed by atoms with Gasteiger partial charge in [0.05, 0.1) is 13.7 Å². The molecule has 1 aliphatic heterocycles. The van der Waals surface area contributed by atoms with Crippen LogP contribution in [0.4, 0.5) is 0 Å². The van der Waals surface area contributed by atoms with Crippen LogP contribution in [0.1, 0.15) is 30.5 Å². The molecule has 3 atom stereocenters. The molecule has 0 radical (unpaired) electrons. The first-order chi connectivity index (χ1) is 16.9. The minimum atomic E-state index is -1.21. The summed E-state index contributed by atoms with van der Waals surface area (Å²) in [5.41, 5.74) is 0.692. The Morgan fingerprint density at radius 2 is 1.97 bits per heavy atom. The molecule has 0 saturated carbocycles. The number of aldehydes is 1. The summed E-state index contributed by atoms with van der Waals surface area (Å²) in [5.74, 6) is -0.744. The molecule has 4 rings (SSSR count). The van der Waals surface area contributed by atoms with Crippen molar-refractivity contribution in [2.75, 3.05) is 13.7 Å². The first-order valence-corrected chi connectivity index (χ1v) is 11.1. The number of likely N-dealkylation sites (tertiary alicyclic amines) is 1. The minimum Gasteiger partial charge on any atom is -0.493 e. The summed E-state index contributed by atoms with van der Waals surface area (Å²) < 4.78 is 16.7. The van der Waals surface area contributed by atoms with Crippen molar-refractivity contribution in [2.24, 2.45) is 0 Å². The van der Waals surface area contributed by atoms with Gasteiger partial charge >= 0.3 is 0 Å². The number of carbonyl (C=O) groups is 4. The number of rotatable bonds is 9. The van der Waals surface area contributed by atoms with Crippen LogP contribution in [0.2, 0.25) is 0 Å². The third kappa shape index (κ3) is 5.16. The van der Waals surface area contributed by atoms with Crippen LogP contribution in [0.25, 0.3) is 11.1 Å². The third-order valence-corrected chi connectivity index (χ3v) is 5.79. The largest absolute Gasteiger partial charge is 0.493 e. The second kappa shape index (κ2) is 10.4. The fraction of sp³-hybridized carbons (Fsp3) is 0.320. The molecular weight excluding hydrogens is 454 g/mol. The zero-order chi connectivity index (χ0) is 24.9. The summed E-state index contributed by atoms with van der Waals surface area (Å²) in [6, 6.07) is 12.1. The number of fused-ring (bicyclic) bond motifs is 1. The molecular formula is C25H25N3O7. The van der Waals surface area contributed by atoms with Gasteiger partial charge in [-0.05, 0) is 24.3 Å². The van der Waals surface area contributed by atoms with Gasteiger partial charge in [-0.2, -0.15) is 0 Å². The van der Waals surface area contributed by atoms with Crippen molar-refractivity contribution in [1.29, 1.82) is 0 Å². The highest BCUT2D eigenvalue weighted by Gasteiger charge is 2.41. The standard InChI is InChI=1S/C25H25N3O7/c1-15(30)28-14-17(34-16-7-4-3-5-8-16)13-20(28)24(32)26-18(11-12-29)22(31)25-27-19-9-6-10-21(33-2)23(19)35-25/h3-10,12,17-18,20H,11,13-14H2,1-2H3,(H,26,32)/t17-,18+,20+/m1/s1. The second-order valence-electron chi connectivity index (χ2n) is 8.13. The topological polar surface area (TPSA) is 128 Å². The molecule has 0 spiro atoms. The van der Waals surface area contributed by atoms with E-state index in [2.05, 4.69) is 10.3 Å². The van der Waals surface area contributed by atoms with Crippen LogP contribution in [-0.2, 0) is 14.4 Å². The molecule has 1 fully saturated rings. The maximum atomic E-state index is 13.2. The van der Waals surface area contributed by atoms with Crippen molar-refractivity contribution in [3.8, 4) is 11.5 Å². The fourth-order valence-electron chi connectivity index (χ4n) is 4.11. The Morgan fingerprint density at radius 1 is 1.20 bits per heavy atom. The Bertz CT molecular complexity index is 1240. The lowest BCUT2D eigenvalue weighted by molar-refractivity contribution is -0.137. The van der Waals surface area contributed by atoms with Crippen molar-refractivity contribution in [3.63, 3.8) is 0 Å². The Hall–Kier alpha value is -4.21. The third-order valence-electron chi connectivity index (χ3n) is 5.79. The molecule has 182 valence electrons. The normalized spacial score (nSPS) is 18.2. The van der Waals surface area contributed by atoms with Gasteiger partial charge in [-0.3, -0.25) is 14.4 Å². The van der Waals surface area contributed by atoms with Gasteiger partial charge in [0.1, 0.15) is 35.7 Å². The Morgan fingerprint density at radius 3 is 2.66 bits per heavy atom. The number of aromatic nitrogens is 1. The van der Waals surface area contributed by atoms with E-state index in [9.17, 15) is 19.2 Å². The zero-order valence-electron chi connectivity index (χ0n) is 19.3. The highest BCUT2D eigenvalue weighted by molar-refractivity contribution is 6.02. The van der Waals surface area contributed by atoms with Crippen LogP contribution in [0.15, 0.2) is 52.9 Å². The van der Waals surface area contributed by atoms with E-state index in [0.717, 1.165) is 0 Å². The number of ketones is 1. The van der Waals surface area contributed by atoms with Gasteiger partial charge < -0.3 is 28.9 Å². The van der Waals surface area contributed by atoms with E-state index >= 15 is 0 Å². The molecule has 2 amide bonds. The number of nitrogens with one attached hydrogen (secondary N) is 1. The lowest BCUT2D eigenvalue weighted by atomic mass is 10.1. The van der Waals surface area contributed by atoms with Crippen LogP contribution in [-0.4, -0.2) is 65.6 Å². The smallest absolute Gasteiger partial charge is 0.266 e. The lowest BCUT2D eigenvalue weighted by Crippen LogP contribution is -2.50. The van der Waals surface area contributed by atoms with Gasteiger partial charge in [0.15, 0.2) is 11.3 Å². The zero-order valence-corrected chi connectivity index (χ0v) is 19.3. The number of carbonyl (C=O) groups excluding carboxylic acids is 4. The number of nitrogens with zero attached hydrogens (tertiary/aromatic N) is 2. The van der Waals surface area contributed by atoms with Crippen LogP contribution >= 0.6 is 0 Å². The van der Waals surface area contributed by atoms with E-state index < -0.39 is 29.9 Å². The first kappa shape index (κ1) is 23.9. The van der Waals surface area contributed by atoms with E-state index in [1.807, 2.05) is 18.2 Å². The van der Waals surface area contributed by atoms with Crippen LogP contribution in [0, 0.1) is 0 Å². The molecule has 0 bridgehead atoms. The quantitative estimate of drug-likeness (QED) is 0.365. The van der Waals surface area contributed by atoms with Crippen molar-refractivity contribution < 1.29 is 33.1 Å². The number of hydrogen-bond donors (Lipinski definition) is 1. The average Bonchev–Trinajstić information content (AvgIpc) is 3.48. The Kier molecular flexibility index (Phi) is 7.09. The number of para-hydroxylation sites is 2. The maximum absolute atomic E-state index is 13.2. The summed E-state index contributed by atoms with van der Waals surface area (Å²) in [6.45, 7) is 1.59. The van der Waals surface area contributed by atoms with Crippen molar-refractivity contribution in [2.45, 2.75) is 38.0 Å².